The minimum absolute atomic E-state index is 0.144. The van der Waals surface area contributed by atoms with Crippen LogP contribution in [0.2, 0.25) is 0 Å². The smallest absolute Gasteiger partial charge is 0.343 e. The Bertz CT molecular complexity index is 1340. The van der Waals surface area contributed by atoms with Crippen molar-refractivity contribution in [1.29, 1.82) is 5.26 Å². The van der Waals surface area contributed by atoms with Gasteiger partial charge in [-0.05, 0) is 54.1 Å². The Hall–Kier alpha value is -5.17. The lowest BCUT2D eigenvalue weighted by Gasteiger charge is -2.10. The van der Waals surface area contributed by atoms with Crippen LogP contribution < -0.4 is 19.5 Å². The zero-order valence-electron chi connectivity index (χ0n) is 18.7. The topological polar surface area (TPSA) is 141 Å². The van der Waals surface area contributed by atoms with Gasteiger partial charge in [0.05, 0.1) is 24.7 Å². The first-order valence-electron chi connectivity index (χ1n) is 10.1. The van der Waals surface area contributed by atoms with E-state index in [0.717, 1.165) is 0 Å². The molecule has 176 valence electrons. The quantitative estimate of drug-likeness (QED) is 0.127. The summed E-state index contributed by atoms with van der Waals surface area (Å²) < 4.78 is 15.8. The molecule has 0 aromatic heterocycles. The Morgan fingerprint density at radius 1 is 1.00 bits per heavy atom. The predicted octanol–water partition coefficient (Wildman–Crippen LogP) is 4.38. The molecule has 0 bridgehead atoms. The van der Waals surface area contributed by atoms with E-state index in [0.29, 0.717) is 16.9 Å². The maximum absolute atomic E-state index is 12.5. The summed E-state index contributed by atoms with van der Waals surface area (Å²) in [5.74, 6) is -0.412. The van der Waals surface area contributed by atoms with Gasteiger partial charge in [0.25, 0.3) is 11.6 Å². The molecule has 3 aromatic carbocycles. The molecule has 3 rings (SSSR count). The summed E-state index contributed by atoms with van der Waals surface area (Å²) in [5, 5.41) is 22.8. The summed E-state index contributed by atoms with van der Waals surface area (Å²) in [6.45, 7) is 0. The Labute approximate surface area is 200 Å². The molecule has 1 amide bonds. The van der Waals surface area contributed by atoms with Crippen molar-refractivity contribution in [3.63, 3.8) is 0 Å². The number of rotatable bonds is 8. The number of amides is 1. The van der Waals surface area contributed by atoms with E-state index >= 15 is 0 Å². The maximum Gasteiger partial charge on any atom is 0.343 e. The van der Waals surface area contributed by atoms with E-state index < -0.39 is 16.8 Å². The van der Waals surface area contributed by atoms with Crippen LogP contribution in [0.5, 0.6) is 17.2 Å². The van der Waals surface area contributed by atoms with Crippen molar-refractivity contribution in [3.8, 4) is 23.3 Å². The van der Waals surface area contributed by atoms with Crippen LogP contribution in [-0.4, -0.2) is 31.0 Å². The first kappa shape index (κ1) is 24.5. The second kappa shape index (κ2) is 11.1. The molecule has 10 heteroatoms. The summed E-state index contributed by atoms with van der Waals surface area (Å²) in [5.41, 5.74) is 0.457. The molecule has 0 fully saturated rings. The van der Waals surface area contributed by atoms with Crippen molar-refractivity contribution < 1.29 is 28.7 Å². The van der Waals surface area contributed by atoms with Crippen molar-refractivity contribution in [2.24, 2.45) is 0 Å². The number of benzene rings is 3. The van der Waals surface area contributed by atoms with E-state index in [4.69, 9.17) is 14.2 Å². The molecule has 0 saturated heterocycles. The lowest BCUT2D eigenvalue weighted by atomic mass is 10.1. The maximum atomic E-state index is 12.5. The van der Waals surface area contributed by atoms with Crippen LogP contribution in [0.4, 0.5) is 11.4 Å². The Morgan fingerprint density at radius 2 is 1.74 bits per heavy atom. The molecule has 0 aliphatic carbocycles. The summed E-state index contributed by atoms with van der Waals surface area (Å²) >= 11 is 0. The molecule has 1 N–H and O–H groups in total. The van der Waals surface area contributed by atoms with E-state index in [9.17, 15) is 25.0 Å². The molecule has 0 aliphatic heterocycles. The van der Waals surface area contributed by atoms with Crippen molar-refractivity contribution in [2.75, 3.05) is 19.5 Å². The third-order valence-corrected chi connectivity index (χ3v) is 4.71. The standard InChI is InChI=1S/C25H19N3O7/c1-33-21-9-7-17(8-10-21)25(30)35-22-11-6-16(13-23(22)34-2)12-18(15-26)24(29)27-19-4-3-5-20(14-19)28(31)32/h3-14H,1-2H3,(H,27,29)/b18-12+. The molecule has 0 aliphatic rings. The highest BCUT2D eigenvalue weighted by molar-refractivity contribution is 6.09. The number of esters is 1. The van der Waals surface area contributed by atoms with Gasteiger partial charge in [-0.1, -0.05) is 12.1 Å². The zero-order chi connectivity index (χ0) is 25.4. The van der Waals surface area contributed by atoms with E-state index in [1.807, 2.05) is 0 Å². The lowest BCUT2D eigenvalue weighted by molar-refractivity contribution is -0.384. The summed E-state index contributed by atoms with van der Waals surface area (Å²) in [7, 11) is 2.90. The first-order valence-corrected chi connectivity index (χ1v) is 10.1. The number of ether oxygens (including phenoxy) is 3. The van der Waals surface area contributed by atoms with Gasteiger partial charge < -0.3 is 19.5 Å². The van der Waals surface area contributed by atoms with E-state index in [1.165, 1.54) is 62.8 Å². The van der Waals surface area contributed by atoms with Crippen LogP contribution in [0.3, 0.4) is 0 Å². The van der Waals surface area contributed by atoms with Gasteiger partial charge in [0.15, 0.2) is 11.5 Å². The molecule has 0 radical (unpaired) electrons. The number of anilines is 1. The number of nitriles is 1. The highest BCUT2D eigenvalue weighted by Crippen LogP contribution is 2.30. The SMILES string of the molecule is COc1ccc(C(=O)Oc2ccc(/C=C(\C#N)C(=O)Nc3cccc([N+](=O)[O-])c3)cc2OC)cc1. The number of nitro groups is 1. The average Bonchev–Trinajstić information content (AvgIpc) is 2.87. The second-order valence-corrected chi connectivity index (χ2v) is 6.96. The van der Waals surface area contributed by atoms with Gasteiger partial charge in [0, 0.05) is 17.8 Å². The van der Waals surface area contributed by atoms with Gasteiger partial charge in [0.2, 0.25) is 0 Å². The number of carbonyl (C=O) groups excluding carboxylic acids is 2. The van der Waals surface area contributed by atoms with Crippen LogP contribution in [0.15, 0.2) is 72.3 Å². The van der Waals surface area contributed by atoms with Crippen molar-refractivity contribution in [1.82, 2.24) is 0 Å². The second-order valence-electron chi connectivity index (χ2n) is 6.96. The van der Waals surface area contributed by atoms with Crippen LogP contribution in [0, 0.1) is 21.4 Å². The van der Waals surface area contributed by atoms with Crippen LogP contribution in [0.25, 0.3) is 6.08 Å². The third kappa shape index (κ3) is 6.21. The van der Waals surface area contributed by atoms with Gasteiger partial charge in [0.1, 0.15) is 17.4 Å². The third-order valence-electron chi connectivity index (χ3n) is 4.71. The number of hydrogen-bond donors (Lipinski definition) is 1. The highest BCUT2D eigenvalue weighted by atomic mass is 16.6. The fourth-order valence-electron chi connectivity index (χ4n) is 2.96. The minimum Gasteiger partial charge on any atom is -0.497 e. The van der Waals surface area contributed by atoms with Crippen molar-refractivity contribution >= 4 is 29.3 Å². The molecule has 0 spiro atoms. The molecule has 3 aromatic rings. The molecule has 10 nitrogen and oxygen atoms in total. The monoisotopic (exact) mass is 473 g/mol. The fourth-order valence-corrected chi connectivity index (χ4v) is 2.96. The largest absolute Gasteiger partial charge is 0.497 e. The normalized spacial score (nSPS) is 10.6. The van der Waals surface area contributed by atoms with Gasteiger partial charge in [-0.15, -0.1) is 0 Å². The summed E-state index contributed by atoms with van der Waals surface area (Å²) in [6.07, 6.45) is 1.31. The fraction of sp³-hybridized carbons (Fsp3) is 0.0800. The predicted molar refractivity (Wildman–Crippen MR) is 126 cm³/mol. The molecule has 0 atom stereocenters. The lowest BCUT2D eigenvalue weighted by Crippen LogP contribution is -2.13. The van der Waals surface area contributed by atoms with Crippen LogP contribution >= 0.6 is 0 Å². The summed E-state index contributed by atoms with van der Waals surface area (Å²) in [6, 6.07) is 18.0. The Balaban J connectivity index is 1.78. The molecule has 0 heterocycles. The number of non-ortho nitro benzene ring substituents is 1. The number of methoxy groups -OCH3 is 2. The Morgan fingerprint density at radius 3 is 2.37 bits per heavy atom. The average molecular weight is 473 g/mol. The molecular formula is C25H19N3O7. The zero-order valence-corrected chi connectivity index (χ0v) is 18.7. The van der Waals surface area contributed by atoms with Gasteiger partial charge in [-0.3, -0.25) is 14.9 Å². The molecule has 0 saturated carbocycles. The van der Waals surface area contributed by atoms with Gasteiger partial charge in [-0.25, -0.2) is 4.79 Å². The number of nitrogens with one attached hydrogen (secondary N) is 1. The Kier molecular flexibility index (Phi) is 7.77. The first-order chi connectivity index (χ1) is 16.8. The number of nitro benzene ring substituents is 1. The van der Waals surface area contributed by atoms with Crippen molar-refractivity contribution in [3.05, 3.63) is 93.5 Å². The number of hydrogen-bond acceptors (Lipinski definition) is 8. The number of nitrogens with zero attached hydrogens (tertiary/aromatic N) is 2. The van der Waals surface area contributed by atoms with Crippen molar-refractivity contribution in [2.45, 2.75) is 0 Å². The highest BCUT2D eigenvalue weighted by Gasteiger charge is 2.15. The number of carbonyl (C=O) groups is 2. The van der Waals surface area contributed by atoms with Crippen LogP contribution in [-0.2, 0) is 4.79 Å². The van der Waals surface area contributed by atoms with E-state index in [2.05, 4.69) is 5.32 Å². The molecular weight excluding hydrogens is 454 g/mol. The van der Waals surface area contributed by atoms with E-state index in [-0.39, 0.29) is 28.4 Å². The van der Waals surface area contributed by atoms with Crippen LogP contribution in [0.1, 0.15) is 15.9 Å². The van der Waals surface area contributed by atoms with E-state index in [1.54, 1.807) is 30.3 Å². The van der Waals surface area contributed by atoms with Gasteiger partial charge in [-0.2, -0.15) is 5.26 Å². The minimum atomic E-state index is -0.748. The van der Waals surface area contributed by atoms with Gasteiger partial charge >= 0.3 is 5.97 Å². The molecule has 0 unspecified atom stereocenters. The summed E-state index contributed by atoms with van der Waals surface area (Å²) in [4.78, 5) is 35.3. The molecule has 35 heavy (non-hydrogen) atoms.